The number of hydrogen-bond donors (Lipinski definition) is 2. The summed E-state index contributed by atoms with van der Waals surface area (Å²) in [6.45, 7) is 6.34. The third-order valence-electron chi connectivity index (χ3n) is 8.14. The van der Waals surface area contributed by atoms with Crippen LogP contribution in [0.1, 0.15) is 50.7 Å². The average molecular weight is 539 g/mol. The molecule has 2 heterocycles. The van der Waals surface area contributed by atoms with E-state index in [1.807, 2.05) is 85.8 Å². The highest BCUT2D eigenvalue weighted by molar-refractivity contribution is 5.98. The van der Waals surface area contributed by atoms with Crippen LogP contribution in [-0.2, 0) is 16.8 Å². The molecular weight excluding hydrogens is 508 g/mol. The van der Waals surface area contributed by atoms with E-state index in [-0.39, 0.29) is 5.97 Å². The maximum Gasteiger partial charge on any atom is 0.340 e. The molecule has 5 aromatic carbocycles. The van der Waals surface area contributed by atoms with Crippen molar-refractivity contribution in [1.82, 2.24) is 0 Å². The molecule has 5 nitrogen and oxygen atoms in total. The topological polar surface area (TPSA) is 59.6 Å². The summed E-state index contributed by atoms with van der Waals surface area (Å²) in [5.74, 6) is 0.966. The van der Waals surface area contributed by atoms with Crippen LogP contribution < -0.4 is 15.4 Å². The molecule has 1 spiro atoms. The van der Waals surface area contributed by atoms with E-state index < -0.39 is 5.60 Å². The van der Waals surface area contributed by atoms with Gasteiger partial charge in [0.25, 0.3) is 0 Å². The Morgan fingerprint density at radius 3 is 2.29 bits per heavy atom. The van der Waals surface area contributed by atoms with E-state index in [1.165, 1.54) is 11.1 Å². The Kier molecular flexibility index (Phi) is 5.82. The predicted molar refractivity (Wildman–Crippen MR) is 163 cm³/mol. The van der Waals surface area contributed by atoms with Crippen molar-refractivity contribution in [2.24, 2.45) is 0 Å². The number of hydrogen-bond acceptors (Lipinski definition) is 5. The molecule has 0 saturated heterocycles. The first-order valence-electron chi connectivity index (χ1n) is 14.0. The van der Waals surface area contributed by atoms with Crippen molar-refractivity contribution in [1.29, 1.82) is 0 Å². The van der Waals surface area contributed by atoms with E-state index in [0.29, 0.717) is 17.1 Å². The van der Waals surface area contributed by atoms with Gasteiger partial charge >= 0.3 is 5.97 Å². The maximum absolute atomic E-state index is 13.5. The summed E-state index contributed by atoms with van der Waals surface area (Å²) < 4.78 is 13.1. The van der Waals surface area contributed by atoms with Gasteiger partial charge in [-0.2, -0.15) is 0 Å². The zero-order valence-electron chi connectivity index (χ0n) is 23.2. The second-order valence-corrected chi connectivity index (χ2v) is 10.7. The van der Waals surface area contributed by atoms with Gasteiger partial charge in [-0.25, -0.2) is 4.79 Å². The summed E-state index contributed by atoms with van der Waals surface area (Å²) in [6, 6.07) is 34.1. The van der Waals surface area contributed by atoms with Gasteiger partial charge in [0.2, 0.25) is 0 Å². The van der Waals surface area contributed by atoms with Crippen LogP contribution in [-0.4, -0.2) is 5.97 Å². The molecule has 2 N–H and O–H groups in total. The number of anilines is 4. The number of carbonyl (C=O) groups excluding carboxylic acids is 1. The van der Waals surface area contributed by atoms with Crippen LogP contribution in [0.2, 0.25) is 0 Å². The molecule has 0 amide bonds. The van der Waals surface area contributed by atoms with Crippen molar-refractivity contribution >= 4 is 28.7 Å². The van der Waals surface area contributed by atoms with Crippen LogP contribution in [0, 0.1) is 13.8 Å². The minimum absolute atomic E-state index is 0.351. The van der Waals surface area contributed by atoms with Gasteiger partial charge in [0.1, 0.15) is 11.5 Å². The van der Waals surface area contributed by atoms with E-state index in [0.717, 1.165) is 51.4 Å². The molecule has 5 heteroatoms. The summed E-state index contributed by atoms with van der Waals surface area (Å²) in [6.07, 6.45) is 0.941. The molecule has 0 bridgehead atoms. The van der Waals surface area contributed by atoms with Gasteiger partial charge in [-0.15, -0.1) is 0 Å². The van der Waals surface area contributed by atoms with Gasteiger partial charge in [-0.3, -0.25) is 0 Å². The lowest BCUT2D eigenvalue weighted by Gasteiger charge is -2.38. The molecule has 2 aliphatic rings. The lowest BCUT2D eigenvalue weighted by Crippen LogP contribution is -2.34. The molecule has 0 saturated carbocycles. The summed E-state index contributed by atoms with van der Waals surface area (Å²) in [7, 11) is 0. The number of carbonyl (C=O) groups is 1. The number of benzene rings is 5. The zero-order chi connectivity index (χ0) is 28.1. The first-order valence-corrected chi connectivity index (χ1v) is 14.0. The van der Waals surface area contributed by atoms with Crippen molar-refractivity contribution in [3.8, 4) is 11.5 Å². The van der Waals surface area contributed by atoms with Crippen LogP contribution in [0.5, 0.6) is 11.5 Å². The molecule has 0 radical (unpaired) electrons. The molecule has 0 fully saturated rings. The molecule has 41 heavy (non-hydrogen) atoms. The van der Waals surface area contributed by atoms with Crippen LogP contribution in [0.15, 0.2) is 103 Å². The molecule has 1 unspecified atom stereocenters. The molecular formula is C36H30N2O3. The first kappa shape index (κ1) is 25.0. The summed E-state index contributed by atoms with van der Waals surface area (Å²) in [5.41, 5.74) is 8.95. The number of para-hydroxylation sites is 1. The normalized spacial score (nSPS) is 16.3. The highest BCUT2D eigenvalue weighted by Gasteiger charge is 2.55. The van der Waals surface area contributed by atoms with Crippen molar-refractivity contribution in [3.63, 3.8) is 0 Å². The highest BCUT2D eigenvalue weighted by atomic mass is 16.6. The van der Waals surface area contributed by atoms with E-state index in [2.05, 4.69) is 48.7 Å². The van der Waals surface area contributed by atoms with E-state index in [9.17, 15) is 4.79 Å². The van der Waals surface area contributed by atoms with Gasteiger partial charge in [0.05, 0.1) is 16.8 Å². The van der Waals surface area contributed by atoms with E-state index in [4.69, 9.17) is 9.47 Å². The van der Waals surface area contributed by atoms with Crippen molar-refractivity contribution in [2.75, 3.05) is 10.6 Å². The third-order valence-corrected chi connectivity index (χ3v) is 8.14. The first-order chi connectivity index (χ1) is 20.0. The monoisotopic (exact) mass is 538 g/mol. The number of aryl methyl sites for hydroxylation is 3. The summed E-state index contributed by atoms with van der Waals surface area (Å²) in [5, 5.41) is 7.19. The quantitative estimate of drug-likeness (QED) is 0.219. The second kappa shape index (κ2) is 9.56. The van der Waals surface area contributed by atoms with Crippen molar-refractivity contribution in [2.45, 2.75) is 32.8 Å². The van der Waals surface area contributed by atoms with Gasteiger partial charge < -0.3 is 20.1 Å². The smallest absolute Gasteiger partial charge is 0.340 e. The number of esters is 1. The minimum Gasteiger partial charge on any atom is -0.456 e. The largest absolute Gasteiger partial charge is 0.456 e. The lowest BCUT2D eigenvalue weighted by molar-refractivity contribution is 0.0227. The Labute approximate surface area is 239 Å². The van der Waals surface area contributed by atoms with Crippen molar-refractivity contribution < 1.29 is 14.3 Å². The Morgan fingerprint density at radius 1 is 0.683 bits per heavy atom. The fourth-order valence-electron chi connectivity index (χ4n) is 6.08. The molecule has 1 atom stereocenters. The third kappa shape index (κ3) is 3.96. The SMILES string of the molecule is CCc1cc(Nc2cccc3c2C2(OC(=O)c4ccccc42)c2cc(Nc4ccccc4)c(C)cc2O3)ccc1C. The van der Waals surface area contributed by atoms with Gasteiger partial charge in [0.15, 0.2) is 5.60 Å². The maximum atomic E-state index is 13.5. The minimum atomic E-state index is -1.20. The van der Waals surface area contributed by atoms with Gasteiger partial charge in [-0.05, 0) is 91.6 Å². The van der Waals surface area contributed by atoms with Crippen LogP contribution in [0.4, 0.5) is 22.7 Å². The Hall–Kier alpha value is -5.03. The summed E-state index contributed by atoms with van der Waals surface area (Å²) >= 11 is 0. The predicted octanol–water partition coefficient (Wildman–Crippen LogP) is 8.92. The zero-order valence-corrected chi connectivity index (χ0v) is 23.2. The molecule has 0 aromatic heterocycles. The van der Waals surface area contributed by atoms with Gasteiger partial charge in [-0.1, -0.05) is 55.5 Å². The fourth-order valence-corrected chi connectivity index (χ4v) is 6.08. The molecule has 202 valence electrons. The van der Waals surface area contributed by atoms with Crippen molar-refractivity contribution in [3.05, 3.63) is 142 Å². The van der Waals surface area contributed by atoms with E-state index >= 15 is 0 Å². The molecule has 2 aliphatic heterocycles. The molecule has 7 rings (SSSR count). The molecule has 0 aliphatic carbocycles. The van der Waals surface area contributed by atoms with Crippen LogP contribution in [0.3, 0.4) is 0 Å². The molecule has 5 aromatic rings. The summed E-state index contributed by atoms with van der Waals surface area (Å²) in [4.78, 5) is 13.5. The highest BCUT2D eigenvalue weighted by Crippen LogP contribution is 2.59. The van der Waals surface area contributed by atoms with Gasteiger partial charge in [0, 0.05) is 28.2 Å². The number of fused-ring (bicyclic) bond motifs is 6. The van der Waals surface area contributed by atoms with E-state index in [1.54, 1.807) is 0 Å². The second-order valence-electron chi connectivity index (χ2n) is 10.7. The number of rotatable bonds is 5. The fraction of sp³-hybridized carbons (Fsp3) is 0.139. The van der Waals surface area contributed by atoms with Crippen LogP contribution in [0.25, 0.3) is 0 Å². The Balaban J connectivity index is 1.46. The van der Waals surface area contributed by atoms with Crippen LogP contribution >= 0.6 is 0 Å². The number of ether oxygens (including phenoxy) is 2. The lowest BCUT2D eigenvalue weighted by atomic mass is 9.76. The Bertz CT molecular complexity index is 1830. The number of nitrogens with one attached hydrogen (secondary N) is 2. The Morgan fingerprint density at radius 2 is 1.46 bits per heavy atom. The average Bonchev–Trinajstić information content (AvgIpc) is 3.28. The standard InChI is InChI=1S/C36H30N2O3/c1-4-24-20-26(18-17-22(24)2)38-30-15-10-16-32-34(30)36(28-14-9-8-13-27(28)35(39)41-36)29-21-31(23(3)19-33(29)40-32)37-25-11-6-5-7-12-25/h5-21,37-38H,4H2,1-3H3.